The second-order valence-corrected chi connectivity index (χ2v) is 6.03. The van der Waals surface area contributed by atoms with Crippen LogP contribution >= 0.6 is 0 Å². The minimum Gasteiger partial charge on any atom is -0.508 e. The number of anilines is 2. The Morgan fingerprint density at radius 3 is 2.54 bits per heavy atom. The van der Waals surface area contributed by atoms with Gasteiger partial charge in [-0.2, -0.15) is 5.10 Å². The van der Waals surface area contributed by atoms with Crippen molar-refractivity contribution in [3.8, 4) is 11.5 Å². The number of carbonyl (C=O) groups excluding carboxylic acids is 1. The molecule has 0 aliphatic carbocycles. The normalized spacial score (nSPS) is 10.5. The van der Waals surface area contributed by atoms with Crippen LogP contribution in [0.4, 0.5) is 16.0 Å². The SMILES string of the molecule is COc1cc(CNc2[nH]nc(NCc3ccc(O)cc3)c2C(N)=O)ccc1F. The van der Waals surface area contributed by atoms with Crippen LogP contribution in [0.2, 0.25) is 0 Å². The highest BCUT2D eigenvalue weighted by Gasteiger charge is 2.18. The molecule has 9 heteroatoms. The maximum atomic E-state index is 13.5. The van der Waals surface area contributed by atoms with Crippen molar-refractivity contribution >= 4 is 17.5 Å². The summed E-state index contributed by atoms with van der Waals surface area (Å²) in [5.41, 5.74) is 7.33. The molecule has 3 aromatic rings. The molecule has 0 atom stereocenters. The highest BCUT2D eigenvalue weighted by Crippen LogP contribution is 2.23. The number of carbonyl (C=O) groups is 1. The number of phenolic OH excluding ortho intramolecular Hbond substituents is 1. The number of nitrogens with two attached hydrogens (primary N) is 1. The maximum Gasteiger partial charge on any atom is 0.256 e. The number of aromatic nitrogens is 2. The largest absolute Gasteiger partial charge is 0.508 e. The van der Waals surface area contributed by atoms with E-state index in [0.717, 1.165) is 11.1 Å². The van der Waals surface area contributed by atoms with Gasteiger partial charge in [-0.3, -0.25) is 9.89 Å². The van der Waals surface area contributed by atoms with Crippen LogP contribution in [0.15, 0.2) is 42.5 Å². The van der Waals surface area contributed by atoms with Gasteiger partial charge in [0, 0.05) is 13.1 Å². The zero-order valence-electron chi connectivity index (χ0n) is 15.1. The van der Waals surface area contributed by atoms with Gasteiger partial charge in [0.05, 0.1) is 7.11 Å². The van der Waals surface area contributed by atoms with Crippen molar-refractivity contribution in [2.75, 3.05) is 17.7 Å². The number of H-pyrrole nitrogens is 1. The van der Waals surface area contributed by atoms with Gasteiger partial charge in [-0.15, -0.1) is 0 Å². The number of phenols is 1. The number of hydrogen-bond donors (Lipinski definition) is 5. The van der Waals surface area contributed by atoms with E-state index in [9.17, 15) is 14.3 Å². The Morgan fingerprint density at radius 2 is 1.86 bits per heavy atom. The molecule has 1 amide bonds. The van der Waals surface area contributed by atoms with Crippen LogP contribution in [0.3, 0.4) is 0 Å². The van der Waals surface area contributed by atoms with E-state index < -0.39 is 11.7 Å². The first-order valence-corrected chi connectivity index (χ1v) is 8.44. The molecule has 146 valence electrons. The number of hydrogen-bond acceptors (Lipinski definition) is 6. The molecule has 1 aromatic heterocycles. The number of aromatic amines is 1. The topological polar surface area (TPSA) is 125 Å². The van der Waals surface area contributed by atoms with Crippen molar-refractivity contribution in [3.05, 3.63) is 65.0 Å². The summed E-state index contributed by atoms with van der Waals surface area (Å²) in [5.74, 6) is -0.142. The second kappa shape index (κ2) is 8.30. The number of methoxy groups -OCH3 is 1. The van der Waals surface area contributed by atoms with Gasteiger partial charge in [-0.25, -0.2) is 4.39 Å². The smallest absolute Gasteiger partial charge is 0.256 e. The first-order valence-electron chi connectivity index (χ1n) is 8.44. The minimum atomic E-state index is -0.652. The van der Waals surface area contributed by atoms with E-state index in [2.05, 4.69) is 20.8 Å². The van der Waals surface area contributed by atoms with E-state index in [1.807, 2.05) is 0 Å². The summed E-state index contributed by atoms with van der Waals surface area (Å²) in [6.07, 6.45) is 0. The van der Waals surface area contributed by atoms with Crippen molar-refractivity contribution < 1.29 is 19.0 Å². The maximum absolute atomic E-state index is 13.5. The zero-order chi connectivity index (χ0) is 20.1. The van der Waals surface area contributed by atoms with Gasteiger partial charge < -0.3 is 26.2 Å². The Balaban J connectivity index is 1.71. The molecule has 0 bridgehead atoms. The lowest BCUT2D eigenvalue weighted by molar-refractivity contribution is 0.100. The molecule has 6 N–H and O–H groups in total. The molecule has 8 nitrogen and oxygen atoms in total. The molecular weight excluding hydrogens is 365 g/mol. The molecule has 0 saturated heterocycles. The molecule has 1 heterocycles. The van der Waals surface area contributed by atoms with Crippen molar-refractivity contribution in [2.24, 2.45) is 5.73 Å². The van der Waals surface area contributed by atoms with E-state index in [4.69, 9.17) is 10.5 Å². The third-order valence-electron chi connectivity index (χ3n) is 4.09. The fourth-order valence-electron chi connectivity index (χ4n) is 2.64. The Kier molecular flexibility index (Phi) is 5.64. The van der Waals surface area contributed by atoms with Crippen molar-refractivity contribution in [2.45, 2.75) is 13.1 Å². The van der Waals surface area contributed by atoms with E-state index in [-0.39, 0.29) is 17.1 Å². The predicted octanol–water partition coefficient (Wildman–Crippen LogP) is 2.59. The lowest BCUT2D eigenvalue weighted by Gasteiger charge is -2.09. The van der Waals surface area contributed by atoms with Gasteiger partial charge in [0.2, 0.25) is 0 Å². The molecule has 0 fully saturated rings. The Hall–Kier alpha value is -3.75. The van der Waals surface area contributed by atoms with Gasteiger partial charge in [-0.1, -0.05) is 18.2 Å². The number of primary amides is 1. The molecule has 0 aliphatic heterocycles. The summed E-state index contributed by atoms with van der Waals surface area (Å²) < 4.78 is 18.5. The summed E-state index contributed by atoms with van der Waals surface area (Å²) in [6.45, 7) is 0.691. The number of amides is 1. The van der Waals surface area contributed by atoms with Crippen LogP contribution in [-0.2, 0) is 13.1 Å². The van der Waals surface area contributed by atoms with Crippen LogP contribution in [0.25, 0.3) is 0 Å². The summed E-state index contributed by atoms with van der Waals surface area (Å²) >= 11 is 0. The molecule has 3 rings (SSSR count). The minimum absolute atomic E-state index is 0.135. The van der Waals surface area contributed by atoms with Crippen LogP contribution in [0.1, 0.15) is 21.5 Å². The van der Waals surface area contributed by atoms with Crippen LogP contribution in [0.5, 0.6) is 11.5 Å². The number of aromatic hydroxyl groups is 1. The quantitative estimate of drug-likeness (QED) is 0.406. The number of halogens is 1. The van der Waals surface area contributed by atoms with Gasteiger partial charge in [0.25, 0.3) is 5.91 Å². The summed E-state index contributed by atoms with van der Waals surface area (Å²) in [7, 11) is 1.39. The first-order chi connectivity index (χ1) is 13.5. The summed E-state index contributed by atoms with van der Waals surface area (Å²) in [6, 6.07) is 11.1. The Bertz CT molecular complexity index is 972. The van der Waals surface area contributed by atoms with Crippen molar-refractivity contribution in [1.29, 1.82) is 0 Å². The number of rotatable bonds is 8. The molecule has 0 saturated carbocycles. The lowest BCUT2D eigenvalue weighted by Crippen LogP contribution is -2.16. The van der Waals surface area contributed by atoms with E-state index in [1.165, 1.54) is 13.2 Å². The van der Waals surface area contributed by atoms with Crippen LogP contribution in [-0.4, -0.2) is 28.3 Å². The average molecular weight is 385 g/mol. The fraction of sp³-hybridized carbons (Fsp3) is 0.158. The van der Waals surface area contributed by atoms with Crippen LogP contribution in [0, 0.1) is 5.82 Å². The summed E-state index contributed by atoms with van der Waals surface area (Å²) in [5, 5.41) is 22.2. The van der Waals surface area contributed by atoms with Crippen molar-refractivity contribution in [3.63, 3.8) is 0 Å². The van der Waals surface area contributed by atoms with Crippen molar-refractivity contribution in [1.82, 2.24) is 10.2 Å². The second-order valence-electron chi connectivity index (χ2n) is 6.03. The number of nitrogens with one attached hydrogen (secondary N) is 3. The number of benzene rings is 2. The van der Waals surface area contributed by atoms with E-state index in [0.29, 0.717) is 24.7 Å². The van der Waals surface area contributed by atoms with Gasteiger partial charge in [-0.05, 0) is 35.4 Å². The highest BCUT2D eigenvalue weighted by atomic mass is 19.1. The number of ether oxygens (including phenoxy) is 1. The predicted molar refractivity (Wildman–Crippen MR) is 103 cm³/mol. The Morgan fingerprint density at radius 1 is 1.18 bits per heavy atom. The first kappa shape index (κ1) is 19.0. The standard InChI is InChI=1S/C19H20FN5O3/c1-28-15-8-12(4-7-14(15)20)10-23-19-16(17(21)27)18(24-25-19)22-9-11-2-5-13(26)6-3-11/h2-8,26H,9-10H2,1H3,(H2,21,27)(H3,22,23,24,25). The average Bonchev–Trinajstić information content (AvgIpc) is 3.10. The van der Waals surface area contributed by atoms with Gasteiger partial charge >= 0.3 is 0 Å². The molecule has 0 unspecified atom stereocenters. The third-order valence-corrected chi connectivity index (χ3v) is 4.09. The molecule has 2 aromatic carbocycles. The highest BCUT2D eigenvalue weighted by molar-refractivity contribution is 6.02. The third kappa shape index (κ3) is 4.32. The molecular formula is C19H20FN5O3. The Labute approximate surface area is 160 Å². The summed E-state index contributed by atoms with van der Waals surface area (Å²) in [4.78, 5) is 11.9. The molecule has 0 aliphatic rings. The van der Waals surface area contributed by atoms with Gasteiger partial charge in [0.1, 0.15) is 17.1 Å². The molecule has 0 spiro atoms. The fourth-order valence-corrected chi connectivity index (χ4v) is 2.64. The zero-order valence-corrected chi connectivity index (χ0v) is 15.1. The lowest BCUT2D eigenvalue weighted by atomic mass is 10.2. The van der Waals surface area contributed by atoms with E-state index in [1.54, 1.807) is 36.4 Å². The van der Waals surface area contributed by atoms with Gasteiger partial charge in [0.15, 0.2) is 17.4 Å². The monoisotopic (exact) mass is 385 g/mol. The van der Waals surface area contributed by atoms with Crippen LogP contribution < -0.4 is 21.1 Å². The molecule has 28 heavy (non-hydrogen) atoms. The van der Waals surface area contributed by atoms with E-state index >= 15 is 0 Å². The molecule has 0 radical (unpaired) electrons. The number of nitrogens with zero attached hydrogens (tertiary/aromatic N) is 1.